The second kappa shape index (κ2) is 7.53. The van der Waals surface area contributed by atoms with E-state index in [4.69, 9.17) is 11.6 Å². The van der Waals surface area contributed by atoms with Crippen molar-refractivity contribution in [1.29, 1.82) is 0 Å². The van der Waals surface area contributed by atoms with Crippen LogP contribution in [-0.4, -0.2) is 20.3 Å². The van der Waals surface area contributed by atoms with E-state index in [-0.39, 0.29) is 11.3 Å². The van der Waals surface area contributed by atoms with Gasteiger partial charge >= 0.3 is 7.60 Å². The van der Waals surface area contributed by atoms with E-state index >= 15 is 0 Å². The maximum absolute atomic E-state index is 13.2. The van der Waals surface area contributed by atoms with Crippen LogP contribution in [0.25, 0.3) is 10.9 Å². The van der Waals surface area contributed by atoms with E-state index in [0.717, 1.165) is 23.2 Å². The first kappa shape index (κ1) is 20.3. The molecule has 28 heavy (non-hydrogen) atoms. The van der Waals surface area contributed by atoms with E-state index in [1.165, 1.54) is 18.3 Å². The molecule has 2 N–H and O–H groups in total. The largest absolute Gasteiger partial charge is 0.350 e. The number of benzene rings is 2. The summed E-state index contributed by atoms with van der Waals surface area (Å²) < 4.78 is 27.2. The lowest BCUT2D eigenvalue weighted by Crippen LogP contribution is -2.30. The SMILES string of the molecule is C=CN(C(=O)C(c1cn(C)c2ccc(Cl)cc12)P(=O)(O)O)c1ccc(F)cc1. The van der Waals surface area contributed by atoms with Crippen molar-refractivity contribution >= 4 is 41.7 Å². The fourth-order valence-electron chi connectivity index (χ4n) is 3.13. The first-order valence-electron chi connectivity index (χ1n) is 8.14. The second-order valence-electron chi connectivity index (χ2n) is 6.22. The molecular weight excluding hydrogens is 406 g/mol. The summed E-state index contributed by atoms with van der Waals surface area (Å²) in [5.41, 5.74) is -0.735. The molecule has 3 aromatic rings. The van der Waals surface area contributed by atoms with Crippen LogP contribution in [0.4, 0.5) is 10.1 Å². The number of aromatic nitrogens is 1. The number of rotatable bonds is 5. The molecule has 0 spiro atoms. The molecule has 0 aliphatic carbocycles. The number of halogens is 2. The van der Waals surface area contributed by atoms with Gasteiger partial charge in [-0.05, 0) is 42.5 Å². The van der Waals surface area contributed by atoms with Crippen molar-refractivity contribution in [3.63, 3.8) is 0 Å². The van der Waals surface area contributed by atoms with Crippen LogP contribution in [0.2, 0.25) is 5.02 Å². The number of fused-ring (bicyclic) bond motifs is 1. The summed E-state index contributed by atoms with van der Waals surface area (Å²) in [4.78, 5) is 34.2. The normalized spacial score (nSPS) is 12.8. The molecule has 1 unspecified atom stereocenters. The van der Waals surface area contributed by atoms with Crippen LogP contribution in [0.1, 0.15) is 11.2 Å². The number of aryl methyl sites for hydroxylation is 1. The first-order chi connectivity index (χ1) is 13.1. The van der Waals surface area contributed by atoms with Crippen molar-refractivity contribution in [3.05, 3.63) is 77.8 Å². The molecule has 0 aliphatic heterocycles. The first-order valence-corrected chi connectivity index (χ1v) is 10.2. The predicted molar refractivity (Wildman–Crippen MR) is 107 cm³/mol. The van der Waals surface area contributed by atoms with Gasteiger partial charge in [0.1, 0.15) is 5.82 Å². The molecule has 1 amide bonds. The zero-order valence-electron chi connectivity index (χ0n) is 14.8. The molecule has 2 aromatic carbocycles. The average Bonchev–Trinajstić information content (AvgIpc) is 2.92. The van der Waals surface area contributed by atoms with Crippen LogP contribution in [0.3, 0.4) is 0 Å². The number of carbonyl (C=O) groups is 1. The molecule has 0 fully saturated rings. The Hall–Kier alpha value is -2.44. The molecule has 9 heteroatoms. The molecule has 1 heterocycles. The Kier molecular flexibility index (Phi) is 5.46. The van der Waals surface area contributed by atoms with Gasteiger partial charge in [-0.25, -0.2) is 4.39 Å². The summed E-state index contributed by atoms with van der Waals surface area (Å²) in [5.74, 6) is -1.39. The maximum atomic E-state index is 13.2. The molecule has 0 aliphatic rings. The van der Waals surface area contributed by atoms with Crippen molar-refractivity contribution in [2.24, 2.45) is 7.05 Å². The van der Waals surface area contributed by atoms with Gasteiger partial charge in [0.05, 0.1) is 0 Å². The molecular formula is C19H17ClFN2O4P. The maximum Gasteiger partial charge on any atom is 0.342 e. The smallest absolute Gasteiger partial charge is 0.342 e. The Morgan fingerprint density at radius 1 is 1.29 bits per heavy atom. The zero-order valence-corrected chi connectivity index (χ0v) is 16.4. The van der Waals surface area contributed by atoms with Crippen molar-refractivity contribution in [2.75, 3.05) is 4.90 Å². The third kappa shape index (κ3) is 3.75. The third-order valence-corrected chi connectivity index (χ3v) is 5.78. The van der Waals surface area contributed by atoms with Gasteiger partial charge in [0.15, 0.2) is 5.66 Å². The van der Waals surface area contributed by atoms with Gasteiger partial charge in [0, 0.05) is 46.6 Å². The summed E-state index contributed by atoms with van der Waals surface area (Å²) >= 11 is 6.05. The van der Waals surface area contributed by atoms with E-state index < -0.39 is 25.0 Å². The van der Waals surface area contributed by atoms with Crippen molar-refractivity contribution in [2.45, 2.75) is 5.66 Å². The summed E-state index contributed by atoms with van der Waals surface area (Å²) in [6.07, 6.45) is 2.63. The number of hydrogen-bond acceptors (Lipinski definition) is 2. The molecule has 0 saturated carbocycles. The van der Waals surface area contributed by atoms with Gasteiger partial charge in [-0.1, -0.05) is 18.2 Å². The van der Waals surface area contributed by atoms with Crippen LogP contribution in [0, 0.1) is 5.82 Å². The molecule has 0 bridgehead atoms. The molecule has 3 rings (SSSR count). The Morgan fingerprint density at radius 2 is 1.93 bits per heavy atom. The standard InChI is InChI=1S/C19H17ClFN2O4P/c1-3-23(14-7-5-13(21)6-8-14)19(24)18(28(25,26)27)16-11-22(2)17-9-4-12(20)10-15(16)17/h3-11,18H,1H2,2H3,(H2,25,26,27). The van der Waals surface area contributed by atoms with E-state index in [9.17, 15) is 23.5 Å². The number of amides is 1. The van der Waals surface area contributed by atoms with E-state index in [1.807, 2.05) is 0 Å². The predicted octanol–water partition coefficient (Wildman–Crippen LogP) is 4.37. The van der Waals surface area contributed by atoms with Crippen LogP contribution in [0.15, 0.2) is 61.4 Å². The number of carbonyl (C=O) groups excluding carboxylic acids is 1. The highest BCUT2D eigenvalue weighted by atomic mass is 35.5. The van der Waals surface area contributed by atoms with Crippen molar-refractivity contribution in [1.82, 2.24) is 4.57 Å². The van der Waals surface area contributed by atoms with E-state index in [2.05, 4.69) is 6.58 Å². The lowest BCUT2D eigenvalue weighted by Gasteiger charge is -2.25. The van der Waals surface area contributed by atoms with Crippen LogP contribution in [-0.2, 0) is 16.4 Å². The Labute approximate surface area is 165 Å². The molecule has 0 radical (unpaired) electrons. The van der Waals surface area contributed by atoms with Crippen molar-refractivity contribution in [3.8, 4) is 0 Å². The van der Waals surface area contributed by atoms with Gasteiger partial charge in [-0.3, -0.25) is 14.3 Å². The summed E-state index contributed by atoms with van der Waals surface area (Å²) in [6, 6.07) is 9.84. The molecule has 6 nitrogen and oxygen atoms in total. The second-order valence-corrected chi connectivity index (χ2v) is 8.35. The monoisotopic (exact) mass is 422 g/mol. The quantitative estimate of drug-likeness (QED) is 0.598. The zero-order chi connectivity index (χ0) is 20.6. The topological polar surface area (TPSA) is 82.8 Å². The van der Waals surface area contributed by atoms with Gasteiger partial charge < -0.3 is 14.4 Å². The average molecular weight is 423 g/mol. The fourth-order valence-corrected chi connectivity index (χ4v) is 4.28. The van der Waals surface area contributed by atoms with E-state index in [0.29, 0.717) is 15.9 Å². The minimum Gasteiger partial charge on any atom is -0.350 e. The summed E-state index contributed by atoms with van der Waals surface area (Å²) in [6.45, 7) is 3.55. The van der Waals surface area contributed by atoms with Crippen LogP contribution < -0.4 is 4.90 Å². The van der Waals surface area contributed by atoms with Crippen molar-refractivity contribution < 1.29 is 23.5 Å². The van der Waals surface area contributed by atoms with Gasteiger partial charge in [-0.15, -0.1) is 0 Å². The summed E-state index contributed by atoms with van der Waals surface area (Å²) in [5, 5.41) is 0.829. The molecule has 1 aromatic heterocycles. The minimum absolute atomic E-state index is 0.146. The highest BCUT2D eigenvalue weighted by Crippen LogP contribution is 2.54. The molecule has 0 saturated heterocycles. The lowest BCUT2D eigenvalue weighted by atomic mass is 10.1. The van der Waals surface area contributed by atoms with Crippen LogP contribution in [0.5, 0.6) is 0 Å². The molecule has 146 valence electrons. The van der Waals surface area contributed by atoms with E-state index in [1.54, 1.807) is 29.8 Å². The number of hydrogen-bond donors (Lipinski definition) is 2. The Morgan fingerprint density at radius 3 is 2.50 bits per heavy atom. The summed E-state index contributed by atoms with van der Waals surface area (Å²) in [7, 11) is -3.23. The van der Waals surface area contributed by atoms with Gasteiger partial charge in [0.2, 0.25) is 0 Å². The van der Waals surface area contributed by atoms with Crippen LogP contribution >= 0.6 is 19.2 Å². The Balaban J connectivity index is 2.17. The highest BCUT2D eigenvalue weighted by Gasteiger charge is 2.41. The number of nitrogens with zero attached hydrogens (tertiary/aromatic N) is 2. The highest BCUT2D eigenvalue weighted by molar-refractivity contribution is 7.53. The molecule has 1 atom stereocenters. The van der Waals surface area contributed by atoms with Gasteiger partial charge in [0.25, 0.3) is 5.91 Å². The Bertz CT molecular complexity index is 1110. The lowest BCUT2D eigenvalue weighted by molar-refractivity contribution is -0.118. The minimum atomic E-state index is -4.93. The van der Waals surface area contributed by atoms with Gasteiger partial charge in [-0.2, -0.15) is 0 Å². The number of anilines is 1. The third-order valence-electron chi connectivity index (χ3n) is 4.37. The fraction of sp³-hybridized carbons (Fsp3) is 0.105.